The zero-order chi connectivity index (χ0) is 9.14. The van der Waals surface area contributed by atoms with E-state index in [1.54, 1.807) is 0 Å². The summed E-state index contributed by atoms with van der Waals surface area (Å²) in [5.74, 6) is -1.03. The molecular weight excluding hydrogens is 198 g/mol. The molecular formula is C7H8BKO4. The topological polar surface area (TPSA) is 77.8 Å². The van der Waals surface area contributed by atoms with E-state index in [1.165, 1.54) is 24.3 Å². The number of benzene rings is 1. The first kappa shape index (κ1) is 13.3. The maximum Gasteiger partial charge on any atom is 1.00 e. The molecule has 64 valence electrons. The maximum absolute atomic E-state index is 10.4. The van der Waals surface area contributed by atoms with Crippen LogP contribution in [-0.2, 0) is 0 Å². The Bertz CT molecular complexity index is 290. The number of hydrogen-bond acceptors (Lipinski definition) is 3. The van der Waals surface area contributed by atoms with Crippen molar-refractivity contribution in [2.75, 3.05) is 0 Å². The summed E-state index contributed by atoms with van der Waals surface area (Å²) in [5, 5.41) is 25.8. The van der Waals surface area contributed by atoms with Crippen LogP contribution in [0.25, 0.3) is 0 Å². The molecule has 0 saturated carbocycles. The minimum atomic E-state index is -1.55. The van der Waals surface area contributed by atoms with Crippen LogP contribution >= 0.6 is 0 Å². The van der Waals surface area contributed by atoms with E-state index in [9.17, 15) is 4.79 Å². The van der Waals surface area contributed by atoms with Gasteiger partial charge in [-0.05, 0) is 17.6 Å². The Hall–Kier alpha value is 0.311. The summed E-state index contributed by atoms with van der Waals surface area (Å²) in [4.78, 5) is 10.4. The van der Waals surface area contributed by atoms with Crippen LogP contribution in [0.5, 0.6) is 0 Å². The zero-order valence-corrected chi connectivity index (χ0v) is 10.3. The molecule has 0 radical (unpaired) electrons. The summed E-state index contributed by atoms with van der Waals surface area (Å²) in [7, 11) is -1.55. The van der Waals surface area contributed by atoms with Gasteiger partial charge in [0.1, 0.15) is 0 Å². The molecule has 1 rings (SSSR count). The standard InChI is InChI=1S/C7H7BO4.K.H/c9-7(10)5-1-3-6(4-2-5)8(11)12;;/h1-4,11-12H,(H,9,10);;/q;+1;-1. The molecule has 0 unspecified atom stereocenters. The molecule has 0 fully saturated rings. The molecule has 0 saturated heterocycles. The molecule has 6 heteroatoms. The van der Waals surface area contributed by atoms with Crippen molar-refractivity contribution in [3.05, 3.63) is 29.8 Å². The van der Waals surface area contributed by atoms with Gasteiger partial charge in [-0.25, -0.2) is 4.79 Å². The Balaban J connectivity index is 0. The van der Waals surface area contributed by atoms with Gasteiger partial charge >= 0.3 is 64.5 Å². The fraction of sp³-hybridized carbons (Fsp3) is 0. The number of carboxylic acid groups (broad SMARTS) is 1. The van der Waals surface area contributed by atoms with Crippen molar-refractivity contribution in [1.82, 2.24) is 0 Å². The Morgan fingerprint density at radius 2 is 1.69 bits per heavy atom. The fourth-order valence-electron chi connectivity index (χ4n) is 0.798. The van der Waals surface area contributed by atoms with Gasteiger partial charge in [0.25, 0.3) is 0 Å². The maximum atomic E-state index is 10.4. The van der Waals surface area contributed by atoms with Crippen LogP contribution < -0.4 is 56.8 Å². The quantitative estimate of drug-likeness (QED) is 0.433. The molecule has 0 bridgehead atoms. The second kappa shape index (κ2) is 5.92. The summed E-state index contributed by atoms with van der Waals surface area (Å²) < 4.78 is 0. The van der Waals surface area contributed by atoms with Gasteiger partial charge < -0.3 is 16.6 Å². The van der Waals surface area contributed by atoms with Crippen molar-refractivity contribution in [3.8, 4) is 0 Å². The van der Waals surface area contributed by atoms with E-state index in [0.717, 1.165) is 0 Å². The van der Waals surface area contributed by atoms with Gasteiger partial charge in [-0.15, -0.1) is 0 Å². The van der Waals surface area contributed by atoms with Gasteiger partial charge in [0.15, 0.2) is 0 Å². The van der Waals surface area contributed by atoms with Gasteiger partial charge in [0, 0.05) is 0 Å². The van der Waals surface area contributed by atoms with E-state index in [4.69, 9.17) is 15.2 Å². The van der Waals surface area contributed by atoms with Crippen LogP contribution in [0.15, 0.2) is 24.3 Å². The third-order valence-corrected chi connectivity index (χ3v) is 1.46. The first-order chi connectivity index (χ1) is 5.61. The summed E-state index contributed by atoms with van der Waals surface area (Å²) >= 11 is 0. The van der Waals surface area contributed by atoms with Gasteiger partial charge in [0.05, 0.1) is 5.56 Å². The van der Waals surface area contributed by atoms with Gasteiger partial charge in [-0.3, -0.25) is 0 Å². The molecule has 3 N–H and O–H groups in total. The predicted molar refractivity (Wildman–Crippen MR) is 44.3 cm³/mol. The number of carbonyl (C=O) groups is 1. The third-order valence-electron chi connectivity index (χ3n) is 1.46. The van der Waals surface area contributed by atoms with Crippen LogP contribution in [0, 0.1) is 0 Å². The largest absolute Gasteiger partial charge is 1.00 e. The van der Waals surface area contributed by atoms with Crippen LogP contribution in [0.4, 0.5) is 0 Å². The van der Waals surface area contributed by atoms with Crippen LogP contribution in [0.2, 0.25) is 0 Å². The Morgan fingerprint density at radius 1 is 1.23 bits per heavy atom. The van der Waals surface area contributed by atoms with Crippen molar-refractivity contribution < 1.29 is 72.8 Å². The monoisotopic (exact) mass is 206 g/mol. The first-order valence-electron chi connectivity index (χ1n) is 3.30. The van der Waals surface area contributed by atoms with Gasteiger partial charge in [-0.2, -0.15) is 0 Å². The van der Waals surface area contributed by atoms with Gasteiger partial charge in [0.2, 0.25) is 0 Å². The van der Waals surface area contributed by atoms with Gasteiger partial charge in [-0.1, -0.05) is 12.1 Å². The number of aromatic carboxylic acids is 1. The summed E-state index contributed by atoms with van der Waals surface area (Å²) in [6.45, 7) is 0. The number of rotatable bonds is 2. The summed E-state index contributed by atoms with van der Waals surface area (Å²) in [5.41, 5.74) is 0.402. The van der Waals surface area contributed by atoms with Crippen LogP contribution in [0.1, 0.15) is 11.8 Å². The SMILES string of the molecule is O=C(O)c1ccc(B(O)O)cc1.[H-].[K+]. The van der Waals surface area contributed by atoms with E-state index in [-0.39, 0.29) is 63.8 Å². The van der Waals surface area contributed by atoms with E-state index in [0.29, 0.717) is 0 Å². The normalized spacial score (nSPS) is 8.77. The van der Waals surface area contributed by atoms with Crippen molar-refractivity contribution in [2.24, 2.45) is 0 Å². The van der Waals surface area contributed by atoms with Crippen LogP contribution in [-0.4, -0.2) is 28.2 Å². The Kier molecular flexibility index (Phi) is 6.06. The molecule has 13 heavy (non-hydrogen) atoms. The predicted octanol–water partition coefficient (Wildman–Crippen LogP) is -3.82. The minimum absolute atomic E-state index is 0. The fourth-order valence-corrected chi connectivity index (χ4v) is 0.798. The summed E-state index contributed by atoms with van der Waals surface area (Å²) in [6, 6.07) is 5.34. The Labute approximate surface area is 120 Å². The van der Waals surface area contributed by atoms with E-state index in [1.807, 2.05) is 0 Å². The molecule has 1 aromatic carbocycles. The van der Waals surface area contributed by atoms with Crippen LogP contribution in [0.3, 0.4) is 0 Å². The van der Waals surface area contributed by atoms with E-state index >= 15 is 0 Å². The Morgan fingerprint density at radius 3 is 2.00 bits per heavy atom. The molecule has 0 aliphatic rings. The van der Waals surface area contributed by atoms with Crippen molar-refractivity contribution in [1.29, 1.82) is 0 Å². The first-order valence-corrected chi connectivity index (χ1v) is 3.30. The molecule has 0 heterocycles. The molecule has 0 aromatic heterocycles. The second-order valence-corrected chi connectivity index (χ2v) is 2.30. The van der Waals surface area contributed by atoms with E-state index < -0.39 is 13.1 Å². The van der Waals surface area contributed by atoms with E-state index in [2.05, 4.69) is 0 Å². The second-order valence-electron chi connectivity index (χ2n) is 2.30. The number of hydrogen-bond donors (Lipinski definition) is 3. The molecule has 0 amide bonds. The average Bonchev–Trinajstić information content (AvgIpc) is 2.04. The third kappa shape index (κ3) is 3.90. The molecule has 0 spiro atoms. The van der Waals surface area contributed by atoms with Crippen molar-refractivity contribution in [3.63, 3.8) is 0 Å². The molecule has 0 aliphatic carbocycles. The molecule has 0 atom stereocenters. The minimum Gasteiger partial charge on any atom is -1.00 e. The zero-order valence-electron chi connectivity index (χ0n) is 8.14. The average molecular weight is 206 g/mol. The van der Waals surface area contributed by atoms with Crippen molar-refractivity contribution in [2.45, 2.75) is 0 Å². The smallest absolute Gasteiger partial charge is 1.00 e. The molecule has 1 aromatic rings. The summed E-state index contributed by atoms with van der Waals surface area (Å²) in [6.07, 6.45) is 0. The number of carboxylic acids is 1. The molecule has 4 nitrogen and oxygen atoms in total. The molecule has 0 aliphatic heterocycles. The van der Waals surface area contributed by atoms with Crippen molar-refractivity contribution >= 4 is 18.6 Å².